The second-order valence-corrected chi connectivity index (χ2v) is 14.6. The maximum absolute atomic E-state index is 17.0. The molecule has 3 saturated heterocycles. The summed E-state index contributed by atoms with van der Waals surface area (Å²) in [5.41, 5.74) is -0.371. The molecular weight excluding hydrogens is 646 g/mol. The molecule has 7 rings (SSSR count). The number of carbonyl (C=O) groups excluding carboxylic acids is 1. The van der Waals surface area contributed by atoms with Gasteiger partial charge >= 0.3 is 12.1 Å². The predicted molar refractivity (Wildman–Crippen MR) is 186 cm³/mol. The van der Waals surface area contributed by atoms with Gasteiger partial charge in [0.25, 0.3) is 0 Å². The molecule has 3 fully saturated rings. The number of likely N-dealkylation sites (N-methyl/N-ethyl adjacent to an activating group) is 1. The van der Waals surface area contributed by atoms with E-state index in [9.17, 15) is 9.18 Å². The summed E-state index contributed by atoms with van der Waals surface area (Å²) in [6.45, 7) is 7.85. The summed E-state index contributed by atoms with van der Waals surface area (Å²) >= 11 is 0. The first kappa shape index (κ1) is 34.1. The van der Waals surface area contributed by atoms with Crippen molar-refractivity contribution in [2.24, 2.45) is 0 Å². The quantitative estimate of drug-likeness (QED) is 0.184. The standard InChI is InChI=1S/C37H44F2N6O5/c1-36(2,3)50-35(46)44-14-11-25(20-44)43(4)33-29-18-40-31(28-16-26(49-22-47-5)15-23-9-6-7-10-27(23)28)30(39)32(29)41-34(42-33)48-21-37-12-8-13-45(37)19-24(38)17-37/h6-7,9-10,15-16,18,24-25H,8,11-14,17,19-22H2,1-5H3/t24-,25-,37+/m1/s1. The fourth-order valence-electron chi connectivity index (χ4n) is 7.60. The van der Waals surface area contributed by atoms with Gasteiger partial charge in [0.2, 0.25) is 0 Å². The van der Waals surface area contributed by atoms with Crippen LogP contribution in [0.2, 0.25) is 0 Å². The molecule has 3 atom stereocenters. The Kier molecular flexibility index (Phi) is 9.14. The third kappa shape index (κ3) is 6.60. The van der Waals surface area contributed by atoms with Crippen LogP contribution in [0, 0.1) is 5.82 Å². The maximum atomic E-state index is 17.0. The molecule has 2 aromatic carbocycles. The highest BCUT2D eigenvalue weighted by molar-refractivity contribution is 6.00. The van der Waals surface area contributed by atoms with E-state index in [-0.39, 0.29) is 42.8 Å². The molecule has 2 aromatic heterocycles. The summed E-state index contributed by atoms with van der Waals surface area (Å²) in [4.78, 5) is 32.7. The Morgan fingerprint density at radius 3 is 2.72 bits per heavy atom. The van der Waals surface area contributed by atoms with Crippen LogP contribution in [0.15, 0.2) is 42.6 Å². The number of likely N-dealkylation sites (tertiary alicyclic amines) is 1. The zero-order valence-corrected chi connectivity index (χ0v) is 29.2. The van der Waals surface area contributed by atoms with Gasteiger partial charge in [0.1, 0.15) is 41.2 Å². The molecule has 3 aliphatic heterocycles. The highest BCUT2D eigenvalue weighted by atomic mass is 19.1. The molecule has 4 aromatic rings. The zero-order chi connectivity index (χ0) is 35.2. The molecule has 11 nitrogen and oxygen atoms in total. The average Bonchev–Trinajstić information content (AvgIpc) is 3.80. The van der Waals surface area contributed by atoms with E-state index in [1.54, 1.807) is 17.2 Å². The fourth-order valence-corrected chi connectivity index (χ4v) is 7.60. The molecule has 266 valence electrons. The predicted octanol–water partition coefficient (Wildman–Crippen LogP) is 6.37. The third-order valence-corrected chi connectivity index (χ3v) is 10.0. The van der Waals surface area contributed by atoms with E-state index in [1.165, 1.54) is 7.11 Å². The average molecular weight is 691 g/mol. The first-order valence-electron chi connectivity index (χ1n) is 17.2. The topological polar surface area (TPSA) is 102 Å². The van der Waals surface area contributed by atoms with Gasteiger partial charge in [-0.2, -0.15) is 9.97 Å². The van der Waals surface area contributed by atoms with Crippen molar-refractivity contribution in [3.8, 4) is 23.0 Å². The lowest BCUT2D eigenvalue weighted by molar-refractivity contribution is 0.0292. The van der Waals surface area contributed by atoms with Gasteiger partial charge < -0.3 is 28.7 Å². The molecule has 50 heavy (non-hydrogen) atoms. The molecular formula is C37H44F2N6O5. The van der Waals surface area contributed by atoms with Crippen LogP contribution < -0.4 is 14.4 Å². The number of carbonyl (C=O) groups is 1. The third-order valence-electron chi connectivity index (χ3n) is 10.0. The molecule has 13 heteroatoms. The first-order chi connectivity index (χ1) is 23.9. The molecule has 0 radical (unpaired) electrons. The van der Waals surface area contributed by atoms with Crippen molar-refractivity contribution in [3.05, 3.63) is 48.4 Å². The first-order valence-corrected chi connectivity index (χ1v) is 17.2. The summed E-state index contributed by atoms with van der Waals surface area (Å²) in [6.07, 6.45) is 3.10. The summed E-state index contributed by atoms with van der Waals surface area (Å²) in [5.74, 6) is 0.301. The minimum Gasteiger partial charge on any atom is -0.468 e. The number of aromatic nitrogens is 3. The van der Waals surface area contributed by atoms with E-state index in [2.05, 4.69) is 14.9 Å². The highest BCUT2D eigenvalue weighted by Gasteiger charge is 2.49. The van der Waals surface area contributed by atoms with E-state index in [4.69, 9.17) is 23.9 Å². The molecule has 0 N–H and O–H groups in total. The maximum Gasteiger partial charge on any atom is 0.410 e. The Morgan fingerprint density at radius 2 is 1.92 bits per heavy atom. The van der Waals surface area contributed by atoms with Crippen molar-refractivity contribution < 1.29 is 32.5 Å². The van der Waals surface area contributed by atoms with Crippen molar-refractivity contribution in [3.63, 3.8) is 0 Å². The molecule has 0 unspecified atom stereocenters. The van der Waals surface area contributed by atoms with Crippen LogP contribution in [0.5, 0.6) is 11.8 Å². The van der Waals surface area contributed by atoms with E-state index in [1.807, 2.05) is 63.1 Å². The molecule has 3 aliphatic rings. The van der Waals surface area contributed by atoms with E-state index >= 15 is 4.39 Å². The summed E-state index contributed by atoms with van der Waals surface area (Å²) in [6, 6.07) is 11.1. The fraction of sp³-hybridized carbons (Fsp3) is 0.514. The lowest BCUT2D eigenvalue weighted by atomic mass is 9.95. The number of nitrogens with zero attached hydrogens (tertiary/aromatic N) is 6. The number of benzene rings is 2. The monoisotopic (exact) mass is 690 g/mol. The normalized spacial score (nSPS) is 22.3. The van der Waals surface area contributed by atoms with Gasteiger partial charge in [-0.3, -0.25) is 9.88 Å². The zero-order valence-electron chi connectivity index (χ0n) is 29.2. The highest BCUT2D eigenvalue weighted by Crippen LogP contribution is 2.41. The van der Waals surface area contributed by atoms with Crippen LogP contribution in [0.25, 0.3) is 32.9 Å². The van der Waals surface area contributed by atoms with Crippen molar-refractivity contribution in [2.75, 3.05) is 58.6 Å². The van der Waals surface area contributed by atoms with Crippen LogP contribution in [0.1, 0.15) is 46.5 Å². The molecule has 0 bridgehead atoms. The second kappa shape index (κ2) is 13.4. The van der Waals surface area contributed by atoms with Crippen LogP contribution in [-0.2, 0) is 9.47 Å². The molecule has 0 spiro atoms. The van der Waals surface area contributed by atoms with Gasteiger partial charge in [-0.25, -0.2) is 13.6 Å². The summed E-state index contributed by atoms with van der Waals surface area (Å²) in [5, 5.41) is 2.04. The second-order valence-electron chi connectivity index (χ2n) is 14.6. The van der Waals surface area contributed by atoms with Crippen molar-refractivity contribution in [1.82, 2.24) is 24.8 Å². The minimum absolute atomic E-state index is 0.00275. The van der Waals surface area contributed by atoms with Gasteiger partial charge in [-0.1, -0.05) is 24.3 Å². The van der Waals surface area contributed by atoms with Crippen LogP contribution in [0.3, 0.4) is 0 Å². The number of fused-ring (bicyclic) bond motifs is 3. The number of halogens is 2. The molecule has 1 amide bonds. The van der Waals surface area contributed by atoms with Crippen LogP contribution in [-0.4, -0.2) is 108 Å². The lowest BCUT2D eigenvalue weighted by Gasteiger charge is -2.31. The Labute approximate surface area is 290 Å². The van der Waals surface area contributed by atoms with Gasteiger partial charge in [0.15, 0.2) is 12.6 Å². The SMILES string of the molecule is COCOc1cc(-c2ncc3c(N(C)[C@@H]4CCN(C(=O)OC(C)(C)C)C4)nc(OC[C@@]45CCCN4C[C@H](F)C5)nc3c2F)c2ccccc2c1. The molecule has 0 aliphatic carbocycles. The van der Waals surface area contributed by atoms with Gasteiger partial charge in [-0.05, 0) is 69.5 Å². The Bertz CT molecular complexity index is 1910. The van der Waals surface area contributed by atoms with E-state index in [0.717, 1.165) is 30.2 Å². The largest absolute Gasteiger partial charge is 0.468 e. The van der Waals surface area contributed by atoms with Crippen molar-refractivity contribution >= 4 is 33.6 Å². The van der Waals surface area contributed by atoms with E-state index in [0.29, 0.717) is 55.0 Å². The number of methoxy groups -OCH3 is 1. The number of hydrogen-bond donors (Lipinski definition) is 0. The molecule has 0 saturated carbocycles. The lowest BCUT2D eigenvalue weighted by Crippen LogP contribution is -2.43. The number of alkyl halides is 1. The van der Waals surface area contributed by atoms with Gasteiger partial charge in [-0.15, -0.1) is 0 Å². The van der Waals surface area contributed by atoms with Crippen LogP contribution in [0.4, 0.5) is 19.4 Å². The Balaban J connectivity index is 1.29. The van der Waals surface area contributed by atoms with Crippen molar-refractivity contribution in [2.45, 2.75) is 69.8 Å². The minimum atomic E-state index is -0.919. The number of anilines is 1. The number of pyridine rings is 1. The van der Waals surface area contributed by atoms with Crippen molar-refractivity contribution in [1.29, 1.82) is 0 Å². The molecule has 5 heterocycles. The Morgan fingerprint density at radius 1 is 1.10 bits per heavy atom. The Hall–Kier alpha value is -4.36. The number of rotatable bonds is 9. The summed E-state index contributed by atoms with van der Waals surface area (Å²) in [7, 11) is 3.40. The summed E-state index contributed by atoms with van der Waals surface area (Å²) < 4.78 is 54.3. The van der Waals surface area contributed by atoms with Gasteiger partial charge in [0.05, 0.1) is 10.9 Å². The number of amides is 1. The van der Waals surface area contributed by atoms with Crippen LogP contribution >= 0.6 is 0 Å². The number of ether oxygens (including phenoxy) is 4. The van der Waals surface area contributed by atoms with E-state index < -0.39 is 23.1 Å². The van der Waals surface area contributed by atoms with Gasteiger partial charge in [0, 0.05) is 58.0 Å². The smallest absolute Gasteiger partial charge is 0.410 e. The number of hydrogen-bond acceptors (Lipinski definition) is 10.